The Labute approximate surface area is 114 Å². The maximum Gasteiger partial charge on any atom is 0.163 e. The van der Waals surface area contributed by atoms with E-state index in [0.717, 1.165) is 11.1 Å². The maximum absolute atomic E-state index is 11.6. The molecule has 0 aliphatic rings. The van der Waals surface area contributed by atoms with Gasteiger partial charge in [-0.05, 0) is 38.0 Å². The maximum atomic E-state index is 11.6. The van der Waals surface area contributed by atoms with E-state index in [4.69, 9.17) is 4.74 Å². The molecule has 0 bridgehead atoms. The molecule has 0 aliphatic heterocycles. The molecule has 0 saturated heterocycles. The second-order valence-electron chi connectivity index (χ2n) is 4.78. The van der Waals surface area contributed by atoms with Crippen LogP contribution in [-0.2, 0) is 6.61 Å². The van der Waals surface area contributed by atoms with Crippen LogP contribution in [0.1, 0.15) is 34.0 Å². The van der Waals surface area contributed by atoms with Crippen LogP contribution < -0.4 is 4.74 Å². The van der Waals surface area contributed by atoms with E-state index in [9.17, 15) is 4.79 Å². The van der Waals surface area contributed by atoms with Crippen LogP contribution in [-0.4, -0.2) is 5.78 Å². The molecule has 19 heavy (non-hydrogen) atoms. The molecule has 98 valence electrons. The van der Waals surface area contributed by atoms with Gasteiger partial charge in [0.1, 0.15) is 12.4 Å². The van der Waals surface area contributed by atoms with Crippen molar-refractivity contribution in [1.82, 2.24) is 0 Å². The lowest BCUT2D eigenvalue weighted by atomic mass is 10.1. The first-order valence-electron chi connectivity index (χ1n) is 6.37. The van der Waals surface area contributed by atoms with Gasteiger partial charge >= 0.3 is 0 Å². The lowest BCUT2D eigenvalue weighted by Crippen LogP contribution is -2.03. The van der Waals surface area contributed by atoms with Crippen molar-refractivity contribution in [3.63, 3.8) is 0 Å². The Kier molecular flexibility index (Phi) is 4.00. The van der Waals surface area contributed by atoms with E-state index in [2.05, 4.69) is 19.1 Å². The second-order valence-corrected chi connectivity index (χ2v) is 4.78. The lowest BCUT2D eigenvalue weighted by Gasteiger charge is -2.12. The summed E-state index contributed by atoms with van der Waals surface area (Å²) in [5.41, 5.74) is 3.96. The molecule has 2 heteroatoms. The summed E-state index contributed by atoms with van der Waals surface area (Å²) in [6, 6.07) is 13.8. The quantitative estimate of drug-likeness (QED) is 0.768. The number of aryl methyl sites for hydroxylation is 2. The zero-order chi connectivity index (χ0) is 13.8. The molecule has 0 radical (unpaired) electrons. The van der Waals surface area contributed by atoms with Crippen LogP contribution in [0, 0.1) is 13.8 Å². The third kappa shape index (κ3) is 3.22. The summed E-state index contributed by atoms with van der Waals surface area (Å²) in [4.78, 5) is 11.6. The first-order chi connectivity index (χ1) is 9.08. The van der Waals surface area contributed by atoms with Gasteiger partial charge in [-0.25, -0.2) is 0 Å². The van der Waals surface area contributed by atoms with Crippen LogP contribution in [0.5, 0.6) is 5.75 Å². The number of carbonyl (C=O) groups is 1. The zero-order valence-electron chi connectivity index (χ0n) is 11.6. The van der Waals surface area contributed by atoms with E-state index < -0.39 is 0 Å². The number of benzene rings is 2. The highest BCUT2D eigenvalue weighted by molar-refractivity contribution is 5.97. The summed E-state index contributed by atoms with van der Waals surface area (Å²) in [6.07, 6.45) is 0. The average molecular weight is 254 g/mol. The third-order valence-electron chi connectivity index (χ3n) is 3.09. The summed E-state index contributed by atoms with van der Waals surface area (Å²) < 4.78 is 5.83. The number of para-hydroxylation sites is 1. The van der Waals surface area contributed by atoms with E-state index in [1.807, 2.05) is 31.2 Å². The number of ether oxygens (including phenoxy) is 1. The lowest BCUT2D eigenvalue weighted by molar-refractivity contribution is 0.101. The smallest absolute Gasteiger partial charge is 0.163 e. The van der Waals surface area contributed by atoms with Crippen molar-refractivity contribution in [2.75, 3.05) is 0 Å². The average Bonchev–Trinajstić information content (AvgIpc) is 2.39. The van der Waals surface area contributed by atoms with Gasteiger partial charge in [-0.15, -0.1) is 0 Å². The normalized spacial score (nSPS) is 10.3. The van der Waals surface area contributed by atoms with Crippen LogP contribution in [0.2, 0.25) is 0 Å². The van der Waals surface area contributed by atoms with Crippen LogP contribution in [0.15, 0.2) is 42.5 Å². The van der Waals surface area contributed by atoms with Gasteiger partial charge in [-0.2, -0.15) is 0 Å². The number of hydrogen-bond donors (Lipinski definition) is 0. The van der Waals surface area contributed by atoms with E-state index in [1.54, 1.807) is 13.0 Å². The highest BCUT2D eigenvalue weighted by atomic mass is 16.5. The van der Waals surface area contributed by atoms with Crippen molar-refractivity contribution in [1.29, 1.82) is 0 Å². The number of rotatable bonds is 4. The minimum Gasteiger partial charge on any atom is -0.488 e. The van der Waals surface area contributed by atoms with Crippen molar-refractivity contribution < 1.29 is 9.53 Å². The Morgan fingerprint density at radius 3 is 2.37 bits per heavy atom. The molecule has 0 spiro atoms. The highest BCUT2D eigenvalue weighted by Gasteiger charge is 2.10. The van der Waals surface area contributed by atoms with Crippen LogP contribution in [0.4, 0.5) is 0 Å². The molecule has 0 atom stereocenters. The predicted octanol–water partition coefficient (Wildman–Crippen LogP) is 4.09. The Hall–Kier alpha value is -2.09. The molecule has 0 N–H and O–H groups in total. The zero-order valence-corrected chi connectivity index (χ0v) is 11.6. The minimum absolute atomic E-state index is 0.0302. The van der Waals surface area contributed by atoms with Crippen molar-refractivity contribution in [2.45, 2.75) is 27.4 Å². The number of carbonyl (C=O) groups excluding carboxylic acids is 1. The van der Waals surface area contributed by atoms with Crippen LogP contribution in [0.3, 0.4) is 0 Å². The molecule has 0 aromatic heterocycles. The van der Waals surface area contributed by atoms with Gasteiger partial charge in [0, 0.05) is 0 Å². The summed E-state index contributed by atoms with van der Waals surface area (Å²) in [5.74, 6) is 0.721. The highest BCUT2D eigenvalue weighted by Crippen LogP contribution is 2.24. The molecule has 0 amide bonds. The van der Waals surface area contributed by atoms with Gasteiger partial charge in [0.05, 0.1) is 5.56 Å². The molecule has 2 aromatic carbocycles. The summed E-state index contributed by atoms with van der Waals surface area (Å²) in [7, 11) is 0. The Morgan fingerprint density at radius 2 is 1.74 bits per heavy atom. The molecular weight excluding hydrogens is 236 g/mol. The van der Waals surface area contributed by atoms with Crippen LogP contribution >= 0.6 is 0 Å². The van der Waals surface area contributed by atoms with Gasteiger partial charge < -0.3 is 4.74 Å². The molecule has 0 heterocycles. The standard InChI is InChI=1S/C17H18O2/c1-12-7-9-15(10-8-12)11-19-17-13(2)5-4-6-16(17)14(3)18/h4-10H,11H2,1-3H3. The monoisotopic (exact) mass is 254 g/mol. The summed E-state index contributed by atoms with van der Waals surface area (Å²) in [6.45, 7) is 6.05. The topological polar surface area (TPSA) is 26.3 Å². The molecule has 0 fully saturated rings. The molecule has 2 aromatic rings. The van der Waals surface area contributed by atoms with Crippen molar-refractivity contribution >= 4 is 5.78 Å². The van der Waals surface area contributed by atoms with Crippen molar-refractivity contribution in [3.8, 4) is 5.75 Å². The minimum atomic E-state index is 0.0302. The molecular formula is C17H18O2. The predicted molar refractivity (Wildman–Crippen MR) is 76.7 cm³/mol. The number of hydrogen-bond acceptors (Lipinski definition) is 2. The SMILES string of the molecule is CC(=O)c1cccc(C)c1OCc1ccc(C)cc1. The molecule has 0 aliphatic carbocycles. The van der Waals surface area contributed by atoms with E-state index in [-0.39, 0.29) is 5.78 Å². The Bertz CT molecular complexity index is 583. The van der Waals surface area contributed by atoms with E-state index in [1.165, 1.54) is 5.56 Å². The fourth-order valence-corrected chi connectivity index (χ4v) is 1.96. The largest absolute Gasteiger partial charge is 0.488 e. The molecule has 2 nitrogen and oxygen atoms in total. The van der Waals surface area contributed by atoms with Crippen molar-refractivity contribution in [2.24, 2.45) is 0 Å². The first kappa shape index (κ1) is 13.3. The fraction of sp³-hybridized carbons (Fsp3) is 0.235. The van der Waals surface area contributed by atoms with Gasteiger partial charge in [0.2, 0.25) is 0 Å². The summed E-state index contributed by atoms with van der Waals surface area (Å²) in [5, 5.41) is 0. The molecule has 2 rings (SSSR count). The van der Waals surface area contributed by atoms with Gasteiger partial charge in [-0.1, -0.05) is 42.0 Å². The fourth-order valence-electron chi connectivity index (χ4n) is 1.96. The van der Waals surface area contributed by atoms with Gasteiger partial charge in [-0.3, -0.25) is 4.79 Å². The third-order valence-corrected chi connectivity index (χ3v) is 3.09. The second kappa shape index (κ2) is 5.70. The van der Waals surface area contributed by atoms with Crippen molar-refractivity contribution in [3.05, 3.63) is 64.7 Å². The molecule has 0 saturated carbocycles. The van der Waals surface area contributed by atoms with Crippen LogP contribution in [0.25, 0.3) is 0 Å². The summed E-state index contributed by atoms with van der Waals surface area (Å²) >= 11 is 0. The number of ketones is 1. The Morgan fingerprint density at radius 1 is 1.05 bits per heavy atom. The molecule has 0 unspecified atom stereocenters. The van der Waals surface area contributed by atoms with E-state index in [0.29, 0.717) is 17.9 Å². The van der Waals surface area contributed by atoms with Gasteiger partial charge in [0.25, 0.3) is 0 Å². The van der Waals surface area contributed by atoms with Gasteiger partial charge in [0.15, 0.2) is 5.78 Å². The van der Waals surface area contributed by atoms with E-state index >= 15 is 0 Å². The first-order valence-corrected chi connectivity index (χ1v) is 6.37. The Balaban J connectivity index is 2.19. The number of Topliss-reactive ketones (excluding diaryl/α,β-unsaturated/α-hetero) is 1.